The second kappa shape index (κ2) is 9.68. The van der Waals surface area contributed by atoms with Crippen molar-refractivity contribution >= 4 is 17.8 Å². The molecule has 2 aromatic rings. The van der Waals surface area contributed by atoms with Gasteiger partial charge in [0.25, 0.3) is 5.91 Å². The Labute approximate surface area is 189 Å². The lowest BCUT2D eigenvalue weighted by atomic mass is 10.1. The first-order valence-electron chi connectivity index (χ1n) is 10.9. The number of alkyl halides is 3. The minimum atomic E-state index is -4.36. The molecular formula is C23H25F3N4O3. The van der Waals surface area contributed by atoms with Crippen molar-refractivity contribution in [2.75, 3.05) is 44.2 Å². The molecule has 2 heterocycles. The number of anilines is 1. The van der Waals surface area contributed by atoms with E-state index in [1.54, 1.807) is 11.1 Å². The molecule has 4 rings (SSSR count). The van der Waals surface area contributed by atoms with Crippen LogP contribution in [0.1, 0.15) is 18.4 Å². The van der Waals surface area contributed by atoms with Gasteiger partial charge in [-0.3, -0.25) is 4.79 Å². The summed E-state index contributed by atoms with van der Waals surface area (Å²) in [6.07, 6.45) is -0.980. The lowest BCUT2D eigenvalue weighted by molar-refractivity contribution is -0.137. The van der Waals surface area contributed by atoms with E-state index in [1.165, 1.54) is 12.1 Å². The number of carbonyl (C=O) groups excluding carboxylic acids is 2. The monoisotopic (exact) mass is 462 g/mol. The van der Waals surface area contributed by atoms with Crippen LogP contribution in [0.4, 0.5) is 23.8 Å². The van der Waals surface area contributed by atoms with E-state index >= 15 is 0 Å². The maximum atomic E-state index is 12.7. The van der Waals surface area contributed by atoms with Gasteiger partial charge in [-0.25, -0.2) is 9.78 Å². The Bertz CT molecular complexity index is 968. The van der Waals surface area contributed by atoms with Gasteiger partial charge in [0.1, 0.15) is 5.82 Å². The van der Waals surface area contributed by atoms with Crippen molar-refractivity contribution in [1.29, 1.82) is 0 Å². The van der Waals surface area contributed by atoms with E-state index in [-0.39, 0.29) is 12.5 Å². The molecule has 0 spiro atoms. The fourth-order valence-corrected chi connectivity index (χ4v) is 3.56. The fraction of sp³-hybridized carbons (Fsp3) is 0.435. The van der Waals surface area contributed by atoms with E-state index < -0.39 is 17.8 Å². The van der Waals surface area contributed by atoms with E-state index in [4.69, 9.17) is 4.74 Å². The molecule has 0 unspecified atom stereocenters. The number of rotatable bonds is 6. The second-order valence-electron chi connectivity index (χ2n) is 8.26. The SMILES string of the molecule is O=C(COC(=O)N1CCN(c2ccc(-c3ccc(C(F)(F)F)cc3)cn2)CC1)NCC1CC1. The topological polar surface area (TPSA) is 74.8 Å². The number of benzene rings is 1. The van der Waals surface area contributed by atoms with Gasteiger partial charge in [-0.15, -0.1) is 0 Å². The summed E-state index contributed by atoms with van der Waals surface area (Å²) in [5, 5.41) is 2.76. The Morgan fingerprint density at radius 3 is 2.24 bits per heavy atom. The molecule has 1 aromatic carbocycles. The predicted octanol–water partition coefficient (Wildman–Crippen LogP) is 3.55. The standard InChI is InChI=1S/C23H25F3N4O3/c24-23(25,26)19-6-3-17(4-7-19)18-5-8-20(27-14-18)29-9-11-30(12-10-29)22(32)33-15-21(31)28-13-16-1-2-16/h3-8,14,16H,1-2,9-13,15H2,(H,28,31). The molecule has 1 aliphatic heterocycles. The molecule has 1 saturated carbocycles. The molecule has 0 bridgehead atoms. The first-order valence-corrected chi connectivity index (χ1v) is 10.9. The number of hydrogen-bond acceptors (Lipinski definition) is 5. The molecule has 7 nitrogen and oxygen atoms in total. The lowest BCUT2D eigenvalue weighted by Gasteiger charge is -2.34. The van der Waals surface area contributed by atoms with Gasteiger partial charge < -0.3 is 19.9 Å². The summed E-state index contributed by atoms with van der Waals surface area (Å²) in [6.45, 7) is 2.33. The number of carbonyl (C=O) groups is 2. The summed E-state index contributed by atoms with van der Waals surface area (Å²) in [5.74, 6) is 1.000. The van der Waals surface area contributed by atoms with E-state index in [0.717, 1.165) is 36.4 Å². The van der Waals surface area contributed by atoms with Gasteiger partial charge in [0, 0.05) is 44.5 Å². The minimum Gasteiger partial charge on any atom is -0.439 e. The Morgan fingerprint density at radius 1 is 1.00 bits per heavy atom. The van der Waals surface area contributed by atoms with Crippen LogP contribution in [0.3, 0.4) is 0 Å². The molecule has 0 atom stereocenters. The molecule has 33 heavy (non-hydrogen) atoms. The van der Waals surface area contributed by atoms with Crippen molar-refractivity contribution in [3.63, 3.8) is 0 Å². The Balaban J connectivity index is 1.24. The van der Waals surface area contributed by atoms with Crippen molar-refractivity contribution in [3.05, 3.63) is 48.2 Å². The molecule has 1 aliphatic carbocycles. The van der Waals surface area contributed by atoms with Crippen LogP contribution in [-0.4, -0.2) is 61.2 Å². The van der Waals surface area contributed by atoms with Crippen molar-refractivity contribution in [3.8, 4) is 11.1 Å². The maximum absolute atomic E-state index is 12.7. The Hall–Kier alpha value is -3.30. The van der Waals surface area contributed by atoms with Crippen molar-refractivity contribution in [2.45, 2.75) is 19.0 Å². The molecule has 1 N–H and O–H groups in total. The van der Waals surface area contributed by atoms with Gasteiger partial charge in [-0.2, -0.15) is 13.2 Å². The number of halogens is 3. The van der Waals surface area contributed by atoms with Crippen LogP contribution >= 0.6 is 0 Å². The average Bonchev–Trinajstić information content (AvgIpc) is 3.66. The van der Waals surface area contributed by atoms with E-state index in [1.807, 2.05) is 17.0 Å². The van der Waals surface area contributed by atoms with Crippen LogP contribution < -0.4 is 10.2 Å². The van der Waals surface area contributed by atoms with Gasteiger partial charge in [0.05, 0.1) is 5.56 Å². The summed E-state index contributed by atoms with van der Waals surface area (Å²) in [7, 11) is 0. The molecule has 1 saturated heterocycles. The molecule has 2 amide bonds. The van der Waals surface area contributed by atoms with E-state index in [2.05, 4.69) is 10.3 Å². The third-order valence-electron chi connectivity index (χ3n) is 5.77. The summed E-state index contributed by atoms with van der Waals surface area (Å²) in [5.41, 5.74) is 0.677. The number of nitrogens with zero attached hydrogens (tertiary/aromatic N) is 3. The third kappa shape index (κ3) is 6.15. The lowest BCUT2D eigenvalue weighted by Crippen LogP contribution is -2.49. The summed E-state index contributed by atoms with van der Waals surface area (Å²) >= 11 is 0. The molecule has 0 radical (unpaired) electrons. The number of amides is 2. The molecule has 1 aromatic heterocycles. The first-order chi connectivity index (χ1) is 15.8. The zero-order valence-corrected chi connectivity index (χ0v) is 18.0. The summed E-state index contributed by atoms with van der Waals surface area (Å²) < 4.78 is 43.3. The van der Waals surface area contributed by atoms with Gasteiger partial charge in [0.2, 0.25) is 0 Å². The van der Waals surface area contributed by atoms with Crippen LogP contribution in [0.25, 0.3) is 11.1 Å². The predicted molar refractivity (Wildman–Crippen MR) is 116 cm³/mol. The average molecular weight is 462 g/mol. The van der Waals surface area contributed by atoms with E-state index in [0.29, 0.717) is 44.2 Å². The third-order valence-corrected chi connectivity index (χ3v) is 5.77. The largest absolute Gasteiger partial charge is 0.439 e. The quantitative estimate of drug-likeness (QED) is 0.711. The van der Waals surface area contributed by atoms with Gasteiger partial charge >= 0.3 is 12.3 Å². The number of ether oxygens (including phenoxy) is 1. The second-order valence-corrected chi connectivity index (χ2v) is 8.26. The highest BCUT2D eigenvalue weighted by Crippen LogP contribution is 2.31. The zero-order valence-electron chi connectivity index (χ0n) is 18.0. The van der Waals surface area contributed by atoms with E-state index in [9.17, 15) is 22.8 Å². The summed E-state index contributed by atoms with van der Waals surface area (Å²) in [4.78, 5) is 31.9. The van der Waals surface area contributed by atoms with Crippen LogP contribution in [0.15, 0.2) is 42.6 Å². The molecule has 176 valence electrons. The molecule has 2 aliphatic rings. The Kier molecular flexibility index (Phi) is 6.71. The number of pyridine rings is 1. The van der Waals surface area contributed by atoms with Crippen molar-refractivity contribution < 1.29 is 27.5 Å². The van der Waals surface area contributed by atoms with Crippen LogP contribution in [0.2, 0.25) is 0 Å². The number of aromatic nitrogens is 1. The van der Waals surface area contributed by atoms with Gasteiger partial charge in [-0.05, 0) is 48.6 Å². The van der Waals surface area contributed by atoms with Crippen molar-refractivity contribution in [1.82, 2.24) is 15.2 Å². The number of nitrogens with one attached hydrogen (secondary N) is 1. The highest BCUT2D eigenvalue weighted by Gasteiger charge is 2.30. The number of piperazine rings is 1. The highest BCUT2D eigenvalue weighted by atomic mass is 19.4. The molecule has 10 heteroatoms. The normalized spacial score (nSPS) is 16.5. The fourth-order valence-electron chi connectivity index (χ4n) is 3.56. The van der Waals surface area contributed by atoms with Crippen molar-refractivity contribution in [2.24, 2.45) is 5.92 Å². The first kappa shape index (κ1) is 22.9. The zero-order chi connectivity index (χ0) is 23.4. The minimum absolute atomic E-state index is 0.279. The van der Waals surface area contributed by atoms with Gasteiger partial charge in [-0.1, -0.05) is 12.1 Å². The van der Waals surface area contributed by atoms with Gasteiger partial charge in [0.15, 0.2) is 6.61 Å². The Morgan fingerprint density at radius 2 is 1.67 bits per heavy atom. The smallest absolute Gasteiger partial charge is 0.416 e. The highest BCUT2D eigenvalue weighted by molar-refractivity contribution is 5.80. The van der Waals surface area contributed by atoms with Crippen LogP contribution in [0.5, 0.6) is 0 Å². The van der Waals surface area contributed by atoms with Crippen LogP contribution in [-0.2, 0) is 15.7 Å². The van der Waals surface area contributed by atoms with Crippen LogP contribution in [0, 0.1) is 5.92 Å². The number of hydrogen-bond donors (Lipinski definition) is 1. The maximum Gasteiger partial charge on any atom is 0.416 e. The molecule has 2 fully saturated rings. The molecular weight excluding hydrogens is 437 g/mol. The summed E-state index contributed by atoms with van der Waals surface area (Å²) in [6, 6.07) is 8.58.